The Morgan fingerprint density at radius 3 is 2.36 bits per heavy atom. The van der Waals surface area contributed by atoms with Gasteiger partial charge in [0.25, 0.3) is 5.91 Å². The summed E-state index contributed by atoms with van der Waals surface area (Å²) in [5.41, 5.74) is 2.58. The summed E-state index contributed by atoms with van der Waals surface area (Å²) in [6.07, 6.45) is 1.04. The van der Waals surface area contributed by atoms with Gasteiger partial charge in [0.05, 0.1) is 20.1 Å². The van der Waals surface area contributed by atoms with Crippen molar-refractivity contribution in [3.63, 3.8) is 0 Å². The van der Waals surface area contributed by atoms with Crippen molar-refractivity contribution in [2.45, 2.75) is 32.1 Å². The molecule has 39 heavy (non-hydrogen) atoms. The first-order chi connectivity index (χ1) is 18.6. The van der Waals surface area contributed by atoms with Crippen molar-refractivity contribution in [3.8, 4) is 0 Å². The second-order valence-electron chi connectivity index (χ2n) is 10.9. The summed E-state index contributed by atoms with van der Waals surface area (Å²) in [5.74, 6) is 0.486. The van der Waals surface area contributed by atoms with Gasteiger partial charge in [-0.1, -0.05) is 42.9 Å². The topological polar surface area (TPSA) is 85.8 Å². The summed E-state index contributed by atoms with van der Waals surface area (Å²) in [6.45, 7) is 12.1. The van der Waals surface area contributed by atoms with Crippen molar-refractivity contribution in [3.05, 3.63) is 52.5 Å². The van der Waals surface area contributed by atoms with Crippen molar-refractivity contribution in [2.75, 3.05) is 57.3 Å². The third kappa shape index (κ3) is 6.25. The van der Waals surface area contributed by atoms with Gasteiger partial charge in [0.2, 0.25) is 10.0 Å². The molecule has 1 aromatic heterocycles. The van der Waals surface area contributed by atoms with Gasteiger partial charge in [-0.25, -0.2) is 13.4 Å². The van der Waals surface area contributed by atoms with E-state index in [4.69, 9.17) is 16.6 Å². The summed E-state index contributed by atoms with van der Waals surface area (Å²) in [7, 11) is -3.56. The second kappa shape index (κ2) is 11.7. The number of carbonyl (C=O) groups excluding carboxylic acids is 1. The Balaban J connectivity index is 1.10. The molecule has 0 aliphatic carbocycles. The molecule has 2 unspecified atom stereocenters. The number of hydrogen-bond acceptors (Lipinski definition) is 7. The van der Waals surface area contributed by atoms with Gasteiger partial charge in [-0.2, -0.15) is 4.31 Å². The maximum absolute atomic E-state index is 13.1. The number of fused-ring (bicyclic) bond motifs is 1. The molecule has 0 bridgehead atoms. The van der Waals surface area contributed by atoms with Gasteiger partial charge in [-0.3, -0.25) is 9.69 Å². The third-order valence-corrected chi connectivity index (χ3v) is 11.1. The van der Waals surface area contributed by atoms with E-state index in [1.165, 1.54) is 0 Å². The Labute approximate surface area is 240 Å². The first-order valence-electron chi connectivity index (χ1n) is 13.5. The van der Waals surface area contributed by atoms with E-state index in [0.29, 0.717) is 37.0 Å². The molecule has 2 atom stereocenters. The van der Waals surface area contributed by atoms with Crippen LogP contribution in [0.5, 0.6) is 0 Å². The molecule has 2 aliphatic rings. The lowest BCUT2D eigenvalue weighted by molar-refractivity contribution is 0.0947. The maximum Gasteiger partial charge on any atom is 0.251 e. The molecule has 1 amide bonds. The monoisotopic (exact) mass is 589 g/mol. The highest BCUT2D eigenvalue weighted by Crippen LogP contribution is 2.36. The fourth-order valence-corrected chi connectivity index (χ4v) is 8.60. The molecule has 8 nitrogen and oxygen atoms in total. The van der Waals surface area contributed by atoms with Crippen LogP contribution in [0, 0.1) is 18.8 Å². The van der Waals surface area contributed by atoms with Crippen LogP contribution in [0.4, 0.5) is 5.13 Å². The molecule has 2 saturated heterocycles. The first kappa shape index (κ1) is 28.3. The molecule has 2 aliphatic heterocycles. The molecule has 3 heterocycles. The van der Waals surface area contributed by atoms with Crippen molar-refractivity contribution < 1.29 is 13.2 Å². The first-order valence-corrected chi connectivity index (χ1v) is 16.2. The number of aryl methyl sites for hydroxylation is 1. The predicted molar refractivity (Wildman–Crippen MR) is 158 cm³/mol. The normalized spacial score (nSPS) is 21.4. The zero-order valence-corrected chi connectivity index (χ0v) is 25.1. The smallest absolute Gasteiger partial charge is 0.251 e. The fourth-order valence-electron chi connectivity index (χ4n) is 5.55. The second-order valence-corrected chi connectivity index (χ2v) is 14.2. The number of thiazole rings is 1. The van der Waals surface area contributed by atoms with Crippen molar-refractivity contribution >= 4 is 54.2 Å². The van der Waals surface area contributed by atoms with Gasteiger partial charge in [-0.15, -0.1) is 0 Å². The van der Waals surface area contributed by atoms with Crippen molar-refractivity contribution in [1.82, 2.24) is 19.5 Å². The number of carbonyl (C=O) groups is 1. The number of nitrogens with zero attached hydrogens (tertiary/aromatic N) is 4. The van der Waals surface area contributed by atoms with Gasteiger partial charge < -0.3 is 10.2 Å². The lowest BCUT2D eigenvalue weighted by Gasteiger charge is -2.34. The Hall–Kier alpha value is -2.24. The van der Waals surface area contributed by atoms with E-state index in [1.807, 2.05) is 12.1 Å². The summed E-state index contributed by atoms with van der Waals surface area (Å²) < 4.78 is 28.8. The van der Waals surface area contributed by atoms with Gasteiger partial charge in [-0.05, 0) is 61.1 Å². The number of aromatic nitrogens is 1. The highest BCUT2D eigenvalue weighted by atomic mass is 35.5. The van der Waals surface area contributed by atoms with E-state index in [-0.39, 0.29) is 10.8 Å². The van der Waals surface area contributed by atoms with Crippen LogP contribution in [0.2, 0.25) is 5.02 Å². The largest absolute Gasteiger partial charge is 0.351 e. The number of anilines is 1. The minimum Gasteiger partial charge on any atom is -0.351 e. The molecule has 0 radical (unpaired) electrons. The molecule has 210 valence electrons. The molecule has 0 spiro atoms. The van der Waals surface area contributed by atoms with Gasteiger partial charge >= 0.3 is 0 Å². The predicted octanol–water partition coefficient (Wildman–Crippen LogP) is 4.48. The average Bonchev–Trinajstić information content (AvgIpc) is 3.38. The van der Waals surface area contributed by atoms with E-state index in [0.717, 1.165) is 65.1 Å². The molecular formula is C28H36ClN5O3S2. The number of benzene rings is 2. The molecule has 2 fully saturated rings. The highest BCUT2D eigenvalue weighted by molar-refractivity contribution is 7.89. The van der Waals surface area contributed by atoms with E-state index in [2.05, 4.69) is 35.9 Å². The molecular weight excluding hydrogens is 554 g/mol. The Kier molecular flexibility index (Phi) is 8.49. The number of rotatable bonds is 7. The summed E-state index contributed by atoms with van der Waals surface area (Å²) >= 11 is 8.02. The van der Waals surface area contributed by atoms with Gasteiger partial charge in [0.15, 0.2) is 5.13 Å². The number of piperidine rings is 1. The van der Waals surface area contributed by atoms with E-state index in [9.17, 15) is 13.2 Å². The molecule has 3 aromatic rings. The van der Waals surface area contributed by atoms with Crippen LogP contribution in [0.25, 0.3) is 10.2 Å². The van der Waals surface area contributed by atoms with Crippen LogP contribution in [0.15, 0.2) is 41.3 Å². The number of piperazine rings is 1. The van der Waals surface area contributed by atoms with Crippen LogP contribution >= 0.6 is 22.9 Å². The lowest BCUT2D eigenvalue weighted by Crippen LogP contribution is -2.48. The Bertz CT molecular complexity index is 1390. The fraction of sp³-hybridized carbons (Fsp3) is 0.500. The van der Waals surface area contributed by atoms with E-state index in [1.54, 1.807) is 39.9 Å². The summed E-state index contributed by atoms with van der Waals surface area (Å²) in [5, 5.41) is 4.72. The minimum atomic E-state index is -3.56. The van der Waals surface area contributed by atoms with Crippen molar-refractivity contribution in [1.29, 1.82) is 0 Å². The average molecular weight is 590 g/mol. The molecule has 1 N–H and O–H groups in total. The number of sulfonamides is 1. The van der Waals surface area contributed by atoms with Crippen LogP contribution in [0.3, 0.4) is 0 Å². The zero-order valence-electron chi connectivity index (χ0n) is 22.7. The van der Waals surface area contributed by atoms with Gasteiger partial charge in [0.1, 0.15) is 0 Å². The van der Waals surface area contributed by atoms with Gasteiger partial charge in [0, 0.05) is 57.9 Å². The zero-order chi connectivity index (χ0) is 27.7. The summed E-state index contributed by atoms with van der Waals surface area (Å²) in [6, 6.07) is 10.2. The molecule has 11 heteroatoms. The highest BCUT2D eigenvalue weighted by Gasteiger charge is 2.31. The lowest BCUT2D eigenvalue weighted by atomic mass is 9.94. The van der Waals surface area contributed by atoms with Crippen LogP contribution < -0.4 is 10.2 Å². The maximum atomic E-state index is 13.1. The van der Waals surface area contributed by atoms with Crippen LogP contribution in [-0.2, 0) is 10.0 Å². The molecule has 0 saturated carbocycles. The molecule has 2 aromatic carbocycles. The minimum absolute atomic E-state index is 0.195. The number of halogens is 1. The third-order valence-electron chi connectivity index (χ3n) is 7.63. The summed E-state index contributed by atoms with van der Waals surface area (Å²) in [4.78, 5) is 22.4. The molecule has 5 rings (SSSR count). The quantitative estimate of drug-likeness (QED) is 0.437. The Morgan fingerprint density at radius 1 is 1.05 bits per heavy atom. The van der Waals surface area contributed by atoms with Crippen LogP contribution in [0.1, 0.15) is 36.2 Å². The number of amides is 1. The Morgan fingerprint density at radius 2 is 1.72 bits per heavy atom. The standard InChI is InChI=1S/C28H36ClN5O3S2/c1-19-16-20(2)18-34(17-19)39(36,37)23-7-5-22(6-8-23)27(35)30-10-11-32-12-14-33(15-13-32)28-31-25-21(3)4-9-24(29)26(25)38-28/h4-9,19-20H,10-18H2,1-3H3,(H,30,35). The SMILES string of the molecule is Cc1ccc(Cl)c2sc(N3CCN(CCNC(=O)c4ccc(S(=O)(=O)N5CC(C)CC(C)C5)cc4)CC3)nc12. The van der Waals surface area contributed by atoms with E-state index < -0.39 is 10.0 Å². The van der Waals surface area contributed by atoms with Crippen LogP contribution in [-0.4, -0.2) is 80.9 Å². The number of nitrogens with one attached hydrogen (secondary N) is 1. The number of hydrogen-bond donors (Lipinski definition) is 1. The van der Waals surface area contributed by atoms with Crippen molar-refractivity contribution in [2.24, 2.45) is 11.8 Å². The van der Waals surface area contributed by atoms with E-state index >= 15 is 0 Å².